The van der Waals surface area contributed by atoms with Crippen LogP contribution >= 0.6 is 0 Å². The molecule has 2 saturated carbocycles. The van der Waals surface area contributed by atoms with E-state index in [1.807, 2.05) is 6.92 Å². The van der Waals surface area contributed by atoms with Crippen molar-refractivity contribution in [1.82, 2.24) is 0 Å². The zero-order chi connectivity index (χ0) is 16.3. The molecule has 2 fully saturated rings. The maximum atomic E-state index is 12.3. The van der Waals surface area contributed by atoms with Gasteiger partial charge in [-0.1, -0.05) is 24.6 Å². The number of benzene rings is 1. The second kappa shape index (κ2) is 4.78. The molecule has 1 aromatic rings. The Morgan fingerprint density at radius 1 is 1.32 bits per heavy atom. The van der Waals surface area contributed by atoms with Gasteiger partial charge in [-0.2, -0.15) is 8.42 Å². The Kier molecular flexibility index (Phi) is 3.36. The lowest BCUT2D eigenvalue weighted by Crippen LogP contribution is -2.26. The van der Waals surface area contributed by atoms with Crippen LogP contribution < -0.4 is 0 Å². The van der Waals surface area contributed by atoms with E-state index in [-0.39, 0.29) is 11.3 Å². The minimum absolute atomic E-state index is 0.0358. The number of aryl methyl sites for hydroxylation is 1. The van der Waals surface area contributed by atoms with E-state index in [1.165, 1.54) is 12.1 Å². The molecule has 7 heteroatoms. The summed E-state index contributed by atoms with van der Waals surface area (Å²) in [6.07, 6.45) is -1.53. The molecular weight excluding hydrogens is 308 g/mol. The molecule has 3 rings (SSSR count). The smallest absolute Gasteiger partial charge is 0.307 e. The van der Waals surface area contributed by atoms with E-state index in [0.717, 1.165) is 5.56 Å². The second-order valence-electron chi connectivity index (χ2n) is 6.36. The third kappa shape index (κ3) is 2.15. The lowest BCUT2D eigenvalue weighted by molar-refractivity contribution is -0.141. The molecule has 0 heterocycles. The Labute approximate surface area is 128 Å². The third-order valence-electron chi connectivity index (χ3n) is 5.04. The van der Waals surface area contributed by atoms with Crippen LogP contribution in [0.1, 0.15) is 18.9 Å². The average molecular weight is 326 g/mol. The number of hydrogen-bond donors (Lipinski definition) is 2. The summed E-state index contributed by atoms with van der Waals surface area (Å²) < 4.78 is 29.8. The van der Waals surface area contributed by atoms with Gasteiger partial charge < -0.3 is 10.2 Å². The van der Waals surface area contributed by atoms with Gasteiger partial charge in [-0.25, -0.2) is 0 Å². The van der Waals surface area contributed by atoms with Crippen LogP contribution in [-0.4, -0.2) is 36.8 Å². The molecule has 0 radical (unpaired) electrons. The standard InChI is InChI=1S/C15H18O6S/c1-8-3-5-9(6-4-8)22(19,20)21-10-7-11(16)15(2)12(10)13(15)14(17)18/h3-6,10-13,16H,7H2,1-2H3,(H,17,18)/t10-,11+,12+,13-,15-/m0/s1. The number of carboxylic acids is 1. The van der Waals surface area contributed by atoms with Crippen molar-refractivity contribution in [3.63, 3.8) is 0 Å². The molecule has 2 aliphatic carbocycles. The molecule has 120 valence electrons. The van der Waals surface area contributed by atoms with Crippen LogP contribution in [0.25, 0.3) is 0 Å². The molecule has 22 heavy (non-hydrogen) atoms. The molecule has 6 nitrogen and oxygen atoms in total. The summed E-state index contributed by atoms with van der Waals surface area (Å²) in [5.41, 5.74) is 0.134. The fraction of sp³-hybridized carbons (Fsp3) is 0.533. The van der Waals surface area contributed by atoms with E-state index in [9.17, 15) is 23.4 Å². The normalized spacial score (nSPS) is 36.9. The van der Waals surface area contributed by atoms with Crippen LogP contribution in [0.2, 0.25) is 0 Å². The van der Waals surface area contributed by atoms with Crippen molar-refractivity contribution in [1.29, 1.82) is 0 Å². The van der Waals surface area contributed by atoms with Crippen LogP contribution in [0.4, 0.5) is 0 Å². The maximum Gasteiger partial charge on any atom is 0.307 e. The quantitative estimate of drug-likeness (QED) is 0.806. The van der Waals surface area contributed by atoms with Gasteiger partial charge in [-0.15, -0.1) is 0 Å². The number of carboxylic acid groups (broad SMARTS) is 1. The lowest BCUT2D eigenvalue weighted by atomic mass is 9.99. The highest BCUT2D eigenvalue weighted by Crippen LogP contribution is 2.68. The number of aliphatic hydroxyl groups is 1. The van der Waals surface area contributed by atoms with Gasteiger partial charge in [0.1, 0.15) is 0 Å². The zero-order valence-electron chi connectivity index (χ0n) is 12.3. The van der Waals surface area contributed by atoms with Crippen molar-refractivity contribution < 1.29 is 27.6 Å². The van der Waals surface area contributed by atoms with Crippen molar-refractivity contribution in [2.45, 2.75) is 37.4 Å². The summed E-state index contributed by atoms with van der Waals surface area (Å²) in [7, 11) is -3.97. The van der Waals surface area contributed by atoms with Gasteiger partial charge in [0, 0.05) is 17.8 Å². The Morgan fingerprint density at radius 2 is 1.91 bits per heavy atom. The molecule has 0 aromatic heterocycles. The summed E-state index contributed by atoms with van der Waals surface area (Å²) in [6.45, 7) is 3.51. The van der Waals surface area contributed by atoms with Crippen LogP contribution in [-0.2, 0) is 19.1 Å². The van der Waals surface area contributed by atoms with Crippen LogP contribution in [0.5, 0.6) is 0 Å². The van der Waals surface area contributed by atoms with Crippen LogP contribution in [0, 0.1) is 24.2 Å². The second-order valence-corrected chi connectivity index (χ2v) is 7.93. The van der Waals surface area contributed by atoms with Crippen molar-refractivity contribution in [2.75, 3.05) is 0 Å². The number of aliphatic hydroxyl groups excluding tert-OH is 1. The van der Waals surface area contributed by atoms with E-state index in [4.69, 9.17) is 4.18 Å². The average Bonchev–Trinajstić information content (AvgIpc) is 2.99. The molecule has 2 N–H and O–H groups in total. The van der Waals surface area contributed by atoms with Gasteiger partial charge in [0.15, 0.2) is 0 Å². The molecule has 0 bridgehead atoms. The fourth-order valence-corrected chi connectivity index (χ4v) is 4.78. The van der Waals surface area contributed by atoms with Gasteiger partial charge >= 0.3 is 5.97 Å². The van der Waals surface area contributed by atoms with E-state index in [0.29, 0.717) is 0 Å². The summed E-state index contributed by atoms with van der Waals surface area (Å²) in [6, 6.07) is 6.25. The molecule has 0 aliphatic heterocycles. The van der Waals surface area contributed by atoms with Gasteiger partial charge in [0.2, 0.25) is 0 Å². The van der Waals surface area contributed by atoms with Crippen molar-refractivity contribution in [3.8, 4) is 0 Å². The van der Waals surface area contributed by atoms with Crippen molar-refractivity contribution in [2.24, 2.45) is 17.3 Å². The van der Waals surface area contributed by atoms with Gasteiger partial charge in [0.25, 0.3) is 10.1 Å². The van der Waals surface area contributed by atoms with Gasteiger partial charge in [-0.3, -0.25) is 8.98 Å². The van der Waals surface area contributed by atoms with Crippen LogP contribution in [0.3, 0.4) is 0 Å². The molecule has 1 aromatic carbocycles. The Balaban J connectivity index is 1.82. The predicted molar refractivity (Wildman–Crippen MR) is 76.6 cm³/mol. The minimum atomic E-state index is -3.97. The van der Waals surface area contributed by atoms with Crippen LogP contribution in [0.15, 0.2) is 29.2 Å². The summed E-state index contributed by atoms with van der Waals surface area (Å²) in [5, 5.41) is 19.2. The number of rotatable bonds is 4. The number of carbonyl (C=O) groups is 1. The molecule has 0 spiro atoms. The zero-order valence-corrected chi connectivity index (χ0v) is 13.1. The highest BCUT2D eigenvalue weighted by molar-refractivity contribution is 7.86. The first kappa shape index (κ1) is 15.5. The third-order valence-corrected chi connectivity index (χ3v) is 6.39. The first-order valence-electron chi connectivity index (χ1n) is 7.08. The van der Waals surface area contributed by atoms with Crippen molar-refractivity contribution >= 4 is 16.1 Å². The van der Waals surface area contributed by atoms with E-state index >= 15 is 0 Å². The maximum absolute atomic E-state index is 12.3. The predicted octanol–water partition coefficient (Wildman–Crippen LogP) is 1.17. The van der Waals surface area contributed by atoms with Crippen molar-refractivity contribution in [3.05, 3.63) is 29.8 Å². The summed E-state index contributed by atoms with van der Waals surface area (Å²) in [5.74, 6) is -2.25. The Morgan fingerprint density at radius 3 is 2.41 bits per heavy atom. The topological polar surface area (TPSA) is 101 Å². The lowest BCUT2D eigenvalue weighted by Gasteiger charge is -2.17. The molecule has 2 aliphatic rings. The highest BCUT2D eigenvalue weighted by Gasteiger charge is 2.76. The first-order chi connectivity index (χ1) is 10.2. The minimum Gasteiger partial charge on any atom is -0.481 e. The monoisotopic (exact) mass is 326 g/mol. The summed E-state index contributed by atoms with van der Waals surface area (Å²) in [4.78, 5) is 11.3. The molecule has 0 amide bonds. The van der Waals surface area contributed by atoms with E-state index in [1.54, 1.807) is 19.1 Å². The number of hydrogen-bond acceptors (Lipinski definition) is 5. The largest absolute Gasteiger partial charge is 0.481 e. The number of fused-ring (bicyclic) bond motifs is 1. The SMILES string of the molecule is Cc1ccc(S(=O)(=O)O[C@H]2C[C@@H](O)[C@@]3(C)[C@H]2[C@H]3C(=O)O)cc1. The molecular formula is C15H18O6S. The van der Waals surface area contributed by atoms with E-state index < -0.39 is 45.5 Å². The molecule has 0 saturated heterocycles. The molecule has 0 unspecified atom stereocenters. The number of aliphatic carboxylic acids is 1. The first-order valence-corrected chi connectivity index (χ1v) is 8.49. The van der Waals surface area contributed by atoms with E-state index in [2.05, 4.69) is 0 Å². The highest BCUT2D eigenvalue weighted by atomic mass is 32.2. The Bertz CT molecular complexity index is 710. The summed E-state index contributed by atoms with van der Waals surface area (Å²) >= 11 is 0. The fourth-order valence-electron chi connectivity index (χ4n) is 3.67. The van der Waals surface area contributed by atoms with Gasteiger partial charge in [0.05, 0.1) is 23.0 Å². The molecule has 5 atom stereocenters. The van der Waals surface area contributed by atoms with Gasteiger partial charge in [-0.05, 0) is 19.1 Å². The Hall–Kier alpha value is -1.44.